The van der Waals surface area contributed by atoms with Crippen LogP contribution in [-0.4, -0.2) is 60.4 Å². The summed E-state index contributed by atoms with van der Waals surface area (Å²) in [5.41, 5.74) is 0.552. The number of carbonyl (C=O) groups is 2. The van der Waals surface area contributed by atoms with Crippen molar-refractivity contribution >= 4 is 23.4 Å². The van der Waals surface area contributed by atoms with Crippen LogP contribution >= 0.6 is 11.6 Å². The SMILES string of the molecule is O=C1NCCC1N1CCCN(C(=O)c2ccccc2Cl)CC1. The van der Waals surface area contributed by atoms with Crippen LogP contribution in [0.25, 0.3) is 0 Å². The van der Waals surface area contributed by atoms with E-state index in [1.54, 1.807) is 12.1 Å². The summed E-state index contributed by atoms with van der Waals surface area (Å²) in [7, 11) is 0. The Labute approximate surface area is 135 Å². The van der Waals surface area contributed by atoms with Crippen molar-refractivity contribution in [2.45, 2.75) is 18.9 Å². The fourth-order valence-corrected chi connectivity index (χ4v) is 3.40. The molecule has 1 aromatic rings. The van der Waals surface area contributed by atoms with E-state index in [1.807, 2.05) is 17.0 Å². The molecule has 6 heteroatoms. The van der Waals surface area contributed by atoms with E-state index in [0.29, 0.717) is 23.7 Å². The molecule has 3 rings (SSSR count). The number of rotatable bonds is 2. The van der Waals surface area contributed by atoms with E-state index < -0.39 is 0 Å². The predicted molar refractivity (Wildman–Crippen MR) is 85.0 cm³/mol. The lowest BCUT2D eigenvalue weighted by Gasteiger charge is -2.25. The van der Waals surface area contributed by atoms with Gasteiger partial charge in [0.25, 0.3) is 5.91 Å². The van der Waals surface area contributed by atoms with Crippen molar-refractivity contribution in [2.24, 2.45) is 0 Å². The Kier molecular flexibility index (Phi) is 4.64. The minimum atomic E-state index is -0.0321. The first-order valence-corrected chi connectivity index (χ1v) is 8.10. The van der Waals surface area contributed by atoms with Gasteiger partial charge in [-0.25, -0.2) is 0 Å². The maximum absolute atomic E-state index is 12.6. The van der Waals surface area contributed by atoms with Crippen LogP contribution in [0.3, 0.4) is 0 Å². The van der Waals surface area contributed by atoms with E-state index in [4.69, 9.17) is 11.6 Å². The quantitative estimate of drug-likeness (QED) is 0.895. The third kappa shape index (κ3) is 3.10. The highest BCUT2D eigenvalue weighted by Crippen LogP contribution is 2.19. The lowest BCUT2D eigenvalue weighted by Crippen LogP contribution is -2.43. The van der Waals surface area contributed by atoms with E-state index in [1.165, 1.54) is 0 Å². The number of amides is 2. The number of benzene rings is 1. The smallest absolute Gasteiger partial charge is 0.255 e. The molecular formula is C16H20ClN3O2. The molecule has 2 aliphatic rings. The Morgan fingerprint density at radius 3 is 2.73 bits per heavy atom. The van der Waals surface area contributed by atoms with Gasteiger partial charge < -0.3 is 10.2 Å². The molecule has 2 saturated heterocycles. The first-order valence-electron chi connectivity index (χ1n) is 7.72. The topological polar surface area (TPSA) is 52.7 Å². The minimum Gasteiger partial charge on any atom is -0.355 e. The Hall–Kier alpha value is -1.59. The number of hydrogen-bond donors (Lipinski definition) is 1. The van der Waals surface area contributed by atoms with Crippen LogP contribution in [0, 0.1) is 0 Å². The molecule has 1 aromatic carbocycles. The van der Waals surface area contributed by atoms with Gasteiger partial charge in [0, 0.05) is 32.7 Å². The second-order valence-electron chi connectivity index (χ2n) is 5.76. The van der Waals surface area contributed by atoms with Gasteiger partial charge in [-0.1, -0.05) is 23.7 Å². The summed E-state index contributed by atoms with van der Waals surface area (Å²) in [6.45, 7) is 3.67. The maximum Gasteiger partial charge on any atom is 0.255 e. The van der Waals surface area contributed by atoms with Crippen molar-refractivity contribution in [1.82, 2.24) is 15.1 Å². The molecule has 0 spiro atoms. The van der Waals surface area contributed by atoms with Gasteiger partial charge in [0.2, 0.25) is 5.91 Å². The molecule has 0 aromatic heterocycles. The summed E-state index contributed by atoms with van der Waals surface area (Å²) in [6, 6.07) is 7.11. The second-order valence-corrected chi connectivity index (χ2v) is 6.16. The summed E-state index contributed by atoms with van der Waals surface area (Å²) >= 11 is 6.12. The molecule has 0 radical (unpaired) electrons. The van der Waals surface area contributed by atoms with Crippen molar-refractivity contribution in [2.75, 3.05) is 32.7 Å². The normalized spacial score (nSPS) is 23.2. The van der Waals surface area contributed by atoms with Crippen molar-refractivity contribution in [3.05, 3.63) is 34.9 Å². The number of nitrogens with zero attached hydrogens (tertiary/aromatic N) is 2. The van der Waals surface area contributed by atoms with Crippen LogP contribution < -0.4 is 5.32 Å². The van der Waals surface area contributed by atoms with E-state index in [-0.39, 0.29) is 17.9 Å². The van der Waals surface area contributed by atoms with Gasteiger partial charge in [-0.3, -0.25) is 14.5 Å². The second kappa shape index (κ2) is 6.67. The fourth-order valence-electron chi connectivity index (χ4n) is 3.19. The fraction of sp³-hybridized carbons (Fsp3) is 0.500. The van der Waals surface area contributed by atoms with Crippen LogP contribution in [0.4, 0.5) is 0 Å². The van der Waals surface area contributed by atoms with Crippen molar-refractivity contribution in [3.8, 4) is 0 Å². The first kappa shape index (κ1) is 15.3. The average Bonchev–Trinajstić information content (AvgIpc) is 2.80. The highest BCUT2D eigenvalue weighted by atomic mass is 35.5. The summed E-state index contributed by atoms with van der Waals surface area (Å²) in [5.74, 6) is 0.0919. The number of nitrogens with one attached hydrogen (secondary N) is 1. The summed E-state index contributed by atoms with van der Waals surface area (Å²) in [6.07, 6.45) is 1.73. The summed E-state index contributed by atoms with van der Waals surface area (Å²) in [4.78, 5) is 28.5. The third-order valence-electron chi connectivity index (χ3n) is 4.38. The lowest BCUT2D eigenvalue weighted by atomic mass is 10.2. The molecule has 22 heavy (non-hydrogen) atoms. The van der Waals surface area contributed by atoms with E-state index in [9.17, 15) is 9.59 Å². The molecule has 1 atom stereocenters. The molecule has 1 unspecified atom stereocenters. The molecule has 0 saturated carbocycles. The Balaban J connectivity index is 1.66. The third-order valence-corrected chi connectivity index (χ3v) is 4.71. The first-order chi connectivity index (χ1) is 10.7. The van der Waals surface area contributed by atoms with Gasteiger partial charge in [0.1, 0.15) is 0 Å². The van der Waals surface area contributed by atoms with E-state index in [2.05, 4.69) is 10.2 Å². The number of carbonyl (C=O) groups excluding carboxylic acids is 2. The Morgan fingerprint density at radius 2 is 2.00 bits per heavy atom. The Morgan fingerprint density at radius 1 is 1.18 bits per heavy atom. The molecule has 2 amide bonds. The molecule has 2 fully saturated rings. The van der Waals surface area contributed by atoms with Gasteiger partial charge >= 0.3 is 0 Å². The largest absolute Gasteiger partial charge is 0.355 e. The zero-order chi connectivity index (χ0) is 15.5. The lowest BCUT2D eigenvalue weighted by molar-refractivity contribution is -0.123. The minimum absolute atomic E-state index is 0.0247. The molecule has 0 aliphatic carbocycles. The molecular weight excluding hydrogens is 302 g/mol. The van der Waals surface area contributed by atoms with Crippen molar-refractivity contribution < 1.29 is 9.59 Å². The van der Waals surface area contributed by atoms with Crippen molar-refractivity contribution in [3.63, 3.8) is 0 Å². The molecule has 0 bridgehead atoms. The van der Waals surface area contributed by atoms with Gasteiger partial charge in [0.05, 0.1) is 16.6 Å². The van der Waals surface area contributed by atoms with Crippen molar-refractivity contribution in [1.29, 1.82) is 0 Å². The predicted octanol–water partition coefficient (Wildman–Crippen LogP) is 1.38. The number of hydrogen-bond acceptors (Lipinski definition) is 3. The maximum atomic E-state index is 12.6. The molecule has 2 heterocycles. The molecule has 5 nitrogen and oxygen atoms in total. The zero-order valence-corrected chi connectivity index (χ0v) is 13.2. The highest BCUT2D eigenvalue weighted by molar-refractivity contribution is 6.33. The van der Waals surface area contributed by atoms with Crippen LogP contribution in [0.1, 0.15) is 23.2 Å². The standard InChI is InChI=1S/C16H20ClN3O2/c17-13-5-2-1-4-12(13)16(22)20-9-3-8-19(10-11-20)14-6-7-18-15(14)21/h1-2,4-5,14H,3,6-11H2,(H,18,21). The van der Waals surface area contributed by atoms with Crippen LogP contribution in [-0.2, 0) is 4.79 Å². The average molecular weight is 322 g/mol. The van der Waals surface area contributed by atoms with E-state index >= 15 is 0 Å². The van der Waals surface area contributed by atoms with E-state index in [0.717, 1.165) is 32.5 Å². The van der Waals surface area contributed by atoms with Gasteiger partial charge in [-0.15, -0.1) is 0 Å². The Bertz CT molecular complexity index is 578. The summed E-state index contributed by atoms with van der Waals surface area (Å²) in [5, 5.41) is 3.37. The van der Waals surface area contributed by atoms with Gasteiger partial charge in [-0.05, 0) is 25.0 Å². The molecule has 1 N–H and O–H groups in total. The van der Waals surface area contributed by atoms with Crippen LogP contribution in [0.15, 0.2) is 24.3 Å². The van der Waals surface area contributed by atoms with Crippen LogP contribution in [0.2, 0.25) is 5.02 Å². The van der Waals surface area contributed by atoms with Crippen LogP contribution in [0.5, 0.6) is 0 Å². The molecule has 118 valence electrons. The number of halogens is 1. The molecule has 2 aliphatic heterocycles. The zero-order valence-electron chi connectivity index (χ0n) is 12.4. The highest BCUT2D eigenvalue weighted by Gasteiger charge is 2.32. The van der Waals surface area contributed by atoms with Gasteiger partial charge in [-0.2, -0.15) is 0 Å². The van der Waals surface area contributed by atoms with Gasteiger partial charge in [0.15, 0.2) is 0 Å². The summed E-state index contributed by atoms with van der Waals surface area (Å²) < 4.78 is 0. The monoisotopic (exact) mass is 321 g/mol.